The second-order valence-corrected chi connectivity index (χ2v) is 9.41. The largest absolute Gasteiger partial charge is 0.497 e. The zero-order valence-electron chi connectivity index (χ0n) is 19.8. The summed E-state index contributed by atoms with van der Waals surface area (Å²) >= 11 is 1.29. The van der Waals surface area contributed by atoms with Gasteiger partial charge < -0.3 is 19.8 Å². The molecule has 0 saturated heterocycles. The number of carbonyl (C=O) groups is 3. The molecule has 1 aliphatic carbocycles. The summed E-state index contributed by atoms with van der Waals surface area (Å²) in [5, 5.41) is 7.57. The summed E-state index contributed by atoms with van der Waals surface area (Å²) < 4.78 is 11.2. The topological polar surface area (TPSA) is 101 Å². The van der Waals surface area contributed by atoms with E-state index in [1.807, 2.05) is 0 Å². The van der Waals surface area contributed by atoms with Crippen LogP contribution in [0.4, 0.5) is 5.69 Å². The van der Waals surface area contributed by atoms with Crippen molar-refractivity contribution in [1.82, 2.24) is 10.6 Å². The molecule has 2 N–H and O–H groups in total. The Morgan fingerprint density at radius 1 is 1.14 bits per heavy atom. The first kappa shape index (κ1) is 24.5. The summed E-state index contributed by atoms with van der Waals surface area (Å²) in [5.41, 5.74) is 0.459. The maximum atomic E-state index is 13.6. The lowest BCUT2D eigenvalue weighted by molar-refractivity contribution is -0.127. The monoisotopic (exact) mass is 495 g/mol. The number of hydrogen-bond donors (Lipinski definition) is 2. The Balaban J connectivity index is 1.68. The van der Waals surface area contributed by atoms with Crippen LogP contribution in [0.25, 0.3) is 0 Å². The number of carbonyl (C=O) groups excluding carboxylic acids is 3. The average Bonchev–Trinajstić information content (AvgIpc) is 3.64. The van der Waals surface area contributed by atoms with Gasteiger partial charge in [-0.2, -0.15) is 0 Å². The Morgan fingerprint density at radius 3 is 2.60 bits per heavy atom. The van der Waals surface area contributed by atoms with Crippen LogP contribution in [0.2, 0.25) is 0 Å². The third-order valence-corrected chi connectivity index (χ3v) is 6.85. The van der Waals surface area contributed by atoms with Crippen molar-refractivity contribution < 1.29 is 23.5 Å². The Labute approximate surface area is 208 Å². The number of nitrogens with zero attached hydrogens (tertiary/aromatic N) is 1. The van der Waals surface area contributed by atoms with E-state index in [4.69, 9.17) is 9.15 Å². The number of aryl methyl sites for hydroxylation is 1. The lowest BCUT2D eigenvalue weighted by atomic mass is 10.1. The van der Waals surface area contributed by atoms with E-state index in [0.717, 1.165) is 25.7 Å². The molecule has 3 aromatic rings. The number of ether oxygens (including phenoxy) is 1. The molecule has 0 bridgehead atoms. The highest BCUT2D eigenvalue weighted by Crippen LogP contribution is 2.32. The number of nitrogens with one attached hydrogen (secondary N) is 2. The van der Waals surface area contributed by atoms with Crippen molar-refractivity contribution in [3.8, 4) is 5.75 Å². The third-order valence-electron chi connectivity index (χ3n) is 5.98. The Bertz CT molecular complexity index is 1170. The quantitative estimate of drug-likeness (QED) is 0.463. The fraction of sp³-hybridized carbons (Fsp3) is 0.346. The highest BCUT2D eigenvalue weighted by Gasteiger charge is 2.36. The van der Waals surface area contributed by atoms with Crippen LogP contribution >= 0.6 is 11.3 Å². The van der Waals surface area contributed by atoms with Crippen molar-refractivity contribution in [1.29, 1.82) is 0 Å². The Kier molecular flexibility index (Phi) is 7.87. The number of rotatable bonds is 9. The van der Waals surface area contributed by atoms with Gasteiger partial charge in [-0.3, -0.25) is 19.3 Å². The molecule has 8 nitrogen and oxygen atoms in total. The molecule has 1 saturated carbocycles. The first-order valence-electron chi connectivity index (χ1n) is 11.6. The standard InChI is InChI=1S/C26H29N3O5S/c1-17-12-13-21(34-17)24(26(32)28-18-7-3-4-8-18)29(19-9-5-10-20(15-19)33-2)23(30)16-27-25(31)22-11-6-14-35-22/h5-6,9-15,18,24H,3-4,7-8,16H2,1-2H3,(H,27,31)(H,28,32)/t24-/m1/s1. The molecule has 0 aliphatic heterocycles. The van der Waals surface area contributed by atoms with Gasteiger partial charge >= 0.3 is 0 Å². The van der Waals surface area contributed by atoms with E-state index in [-0.39, 0.29) is 24.4 Å². The minimum absolute atomic E-state index is 0.0573. The second kappa shape index (κ2) is 11.2. The van der Waals surface area contributed by atoms with Gasteiger partial charge in [0.2, 0.25) is 5.91 Å². The van der Waals surface area contributed by atoms with Crippen LogP contribution in [0.5, 0.6) is 5.75 Å². The molecule has 0 unspecified atom stereocenters. The molecule has 1 fully saturated rings. The molecule has 0 spiro atoms. The molecular formula is C26H29N3O5S. The predicted molar refractivity (Wildman–Crippen MR) is 134 cm³/mol. The van der Waals surface area contributed by atoms with Gasteiger partial charge in [0.25, 0.3) is 11.8 Å². The fourth-order valence-electron chi connectivity index (χ4n) is 4.26. The molecule has 1 atom stereocenters. The third kappa shape index (κ3) is 5.92. The molecule has 2 heterocycles. The van der Waals surface area contributed by atoms with Gasteiger partial charge in [0, 0.05) is 17.8 Å². The maximum Gasteiger partial charge on any atom is 0.261 e. The average molecular weight is 496 g/mol. The van der Waals surface area contributed by atoms with Crippen molar-refractivity contribution in [2.24, 2.45) is 0 Å². The van der Waals surface area contributed by atoms with Gasteiger partial charge in [-0.25, -0.2) is 0 Å². The number of thiophene rings is 1. The van der Waals surface area contributed by atoms with Crippen molar-refractivity contribution in [2.75, 3.05) is 18.6 Å². The Morgan fingerprint density at radius 2 is 1.94 bits per heavy atom. The van der Waals surface area contributed by atoms with Crippen LogP contribution in [0.1, 0.15) is 52.9 Å². The summed E-state index contributed by atoms with van der Waals surface area (Å²) in [5.74, 6) is 0.380. The number of amides is 3. The van der Waals surface area contributed by atoms with Crippen LogP contribution in [0.3, 0.4) is 0 Å². The van der Waals surface area contributed by atoms with E-state index in [1.165, 1.54) is 23.3 Å². The normalized spacial score (nSPS) is 14.3. The number of benzene rings is 1. The van der Waals surface area contributed by atoms with E-state index in [0.29, 0.717) is 27.8 Å². The smallest absolute Gasteiger partial charge is 0.261 e. The van der Waals surface area contributed by atoms with Gasteiger partial charge in [-0.15, -0.1) is 11.3 Å². The van der Waals surface area contributed by atoms with Gasteiger partial charge in [0.1, 0.15) is 17.3 Å². The number of anilines is 1. The molecule has 1 aromatic carbocycles. The zero-order valence-corrected chi connectivity index (χ0v) is 20.6. The predicted octanol–water partition coefficient (Wildman–Crippen LogP) is 4.22. The minimum atomic E-state index is -1.05. The van der Waals surface area contributed by atoms with Gasteiger partial charge in [0.05, 0.1) is 18.5 Å². The van der Waals surface area contributed by atoms with Crippen LogP contribution in [0.15, 0.2) is 58.3 Å². The van der Waals surface area contributed by atoms with E-state index in [9.17, 15) is 14.4 Å². The summed E-state index contributed by atoms with van der Waals surface area (Å²) in [6.07, 6.45) is 3.92. The first-order chi connectivity index (χ1) is 17.0. The minimum Gasteiger partial charge on any atom is -0.497 e. The SMILES string of the molecule is COc1cccc(N(C(=O)CNC(=O)c2cccs2)[C@@H](C(=O)NC2CCCC2)c2ccc(C)o2)c1. The second-order valence-electron chi connectivity index (χ2n) is 8.47. The van der Waals surface area contributed by atoms with E-state index in [2.05, 4.69) is 10.6 Å². The number of hydrogen-bond acceptors (Lipinski definition) is 6. The number of furan rings is 1. The van der Waals surface area contributed by atoms with Crippen molar-refractivity contribution >= 4 is 34.7 Å². The summed E-state index contributed by atoms with van der Waals surface area (Å²) in [4.78, 5) is 41.6. The molecular weight excluding hydrogens is 466 g/mol. The summed E-state index contributed by atoms with van der Waals surface area (Å²) in [6.45, 7) is 1.50. The molecule has 2 aromatic heterocycles. The van der Waals surface area contributed by atoms with E-state index in [1.54, 1.807) is 60.8 Å². The van der Waals surface area contributed by atoms with Gasteiger partial charge in [-0.05, 0) is 55.5 Å². The molecule has 35 heavy (non-hydrogen) atoms. The molecule has 184 valence electrons. The van der Waals surface area contributed by atoms with Crippen molar-refractivity contribution in [3.05, 3.63) is 70.3 Å². The van der Waals surface area contributed by atoms with Crippen molar-refractivity contribution in [3.63, 3.8) is 0 Å². The van der Waals surface area contributed by atoms with Crippen LogP contribution < -0.4 is 20.3 Å². The molecule has 0 radical (unpaired) electrons. The molecule has 4 rings (SSSR count). The molecule has 1 aliphatic rings. The number of methoxy groups -OCH3 is 1. The Hall–Kier alpha value is -3.59. The van der Waals surface area contributed by atoms with Gasteiger partial charge in [-0.1, -0.05) is 25.0 Å². The highest BCUT2D eigenvalue weighted by atomic mass is 32.1. The van der Waals surface area contributed by atoms with Crippen LogP contribution in [0, 0.1) is 6.92 Å². The summed E-state index contributed by atoms with van der Waals surface area (Å²) in [7, 11) is 1.53. The van der Waals surface area contributed by atoms with Gasteiger partial charge in [0.15, 0.2) is 6.04 Å². The van der Waals surface area contributed by atoms with Crippen LogP contribution in [-0.2, 0) is 9.59 Å². The highest BCUT2D eigenvalue weighted by molar-refractivity contribution is 7.12. The summed E-state index contributed by atoms with van der Waals surface area (Å²) in [6, 6.07) is 12.9. The maximum absolute atomic E-state index is 13.6. The molecule has 9 heteroatoms. The molecule has 3 amide bonds. The van der Waals surface area contributed by atoms with E-state index >= 15 is 0 Å². The van der Waals surface area contributed by atoms with Crippen LogP contribution in [-0.4, -0.2) is 37.4 Å². The lowest BCUT2D eigenvalue weighted by Crippen LogP contribution is -2.49. The first-order valence-corrected chi connectivity index (χ1v) is 12.5. The fourth-order valence-corrected chi connectivity index (χ4v) is 4.90. The van der Waals surface area contributed by atoms with Crippen molar-refractivity contribution in [2.45, 2.75) is 44.7 Å². The van der Waals surface area contributed by atoms with E-state index < -0.39 is 11.9 Å². The zero-order chi connectivity index (χ0) is 24.8. The lowest BCUT2D eigenvalue weighted by Gasteiger charge is -2.31.